The fraction of sp³-hybridized carbons (Fsp3) is 0.414. The average molecular weight is 657 g/mol. The molecule has 17 heteroatoms. The van der Waals surface area contributed by atoms with Crippen molar-refractivity contribution in [3.05, 3.63) is 110 Å². The van der Waals surface area contributed by atoms with Crippen molar-refractivity contribution < 1.29 is 38.1 Å². The summed E-state index contributed by atoms with van der Waals surface area (Å²) in [5.74, 6) is -0.868. The largest absolute Gasteiger partial charge is 0.460 e. The highest BCUT2D eigenvalue weighted by Crippen LogP contribution is 2.49. The van der Waals surface area contributed by atoms with Crippen LogP contribution in [0.25, 0.3) is 10.4 Å². The van der Waals surface area contributed by atoms with Gasteiger partial charge in [-0.15, -0.1) is 0 Å². The molecule has 0 radical (unpaired) electrons. The second-order valence-electron chi connectivity index (χ2n) is 10.9. The van der Waals surface area contributed by atoms with Gasteiger partial charge in [0.05, 0.1) is 6.61 Å². The van der Waals surface area contributed by atoms with Crippen LogP contribution in [0.2, 0.25) is 0 Å². The van der Waals surface area contributed by atoms with Gasteiger partial charge < -0.3 is 24.2 Å². The van der Waals surface area contributed by atoms with Crippen LogP contribution < -0.4 is 20.9 Å². The summed E-state index contributed by atoms with van der Waals surface area (Å²) in [6.07, 6.45) is -1.54. The van der Waals surface area contributed by atoms with E-state index in [4.69, 9.17) is 18.5 Å². The first-order chi connectivity index (χ1) is 22.1. The summed E-state index contributed by atoms with van der Waals surface area (Å²) in [7, 11) is -4.60. The molecule has 2 fully saturated rings. The van der Waals surface area contributed by atoms with Gasteiger partial charge in [-0.05, 0) is 42.0 Å². The second-order valence-corrected chi connectivity index (χ2v) is 12.6. The van der Waals surface area contributed by atoms with Crippen LogP contribution in [0.5, 0.6) is 5.75 Å². The number of aromatic nitrogens is 2. The molecule has 1 saturated carbocycles. The Hall–Kier alpha value is -4.27. The number of aliphatic hydroxyl groups is 2. The molecule has 2 aromatic carbocycles. The molecule has 16 nitrogen and oxygen atoms in total. The number of hydrogen-bond donors (Lipinski definition) is 4. The second kappa shape index (κ2) is 14.4. The number of nitrogens with zero attached hydrogens (tertiary/aromatic N) is 4. The van der Waals surface area contributed by atoms with Crippen molar-refractivity contribution in [2.24, 2.45) is 11.0 Å². The van der Waals surface area contributed by atoms with Crippen LogP contribution in [-0.4, -0.2) is 56.3 Å². The van der Waals surface area contributed by atoms with Crippen molar-refractivity contribution in [3.63, 3.8) is 0 Å². The Kier molecular flexibility index (Phi) is 10.4. The van der Waals surface area contributed by atoms with Crippen molar-refractivity contribution in [1.82, 2.24) is 14.6 Å². The van der Waals surface area contributed by atoms with E-state index in [1.165, 1.54) is 12.1 Å². The van der Waals surface area contributed by atoms with Crippen molar-refractivity contribution in [1.29, 1.82) is 0 Å². The normalized spacial score (nSPS) is 24.9. The number of carbonyl (C=O) groups excluding carboxylic acids is 1. The summed E-state index contributed by atoms with van der Waals surface area (Å²) in [6.45, 7) is -0.990. The molecule has 3 aromatic rings. The lowest BCUT2D eigenvalue weighted by atomic mass is 9.99. The van der Waals surface area contributed by atoms with E-state index in [2.05, 4.69) is 15.1 Å². The lowest BCUT2D eigenvalue weighted by molar-refractivity contribution is -0.148. The SMILES string of the molecule is [N-]=[N+]=NC1(COP(=O)(N[C@H](C(=O)OCc2ccccc2)C2CCCC2)Oc2ccccc2)O[C@@H](n2ccc(=O)[nH]c2=O)[C@@H](O)[C@H]1O. The predicted molar refractivity (Wildman–Crippen MR) is 161 cm³/mol. The summed E-state index contributed by atoms with van der Waals surface area (Å²) < 4.78 is 38.1. The summed E-state index contributed by atoms with van der Waals surface area (Å²) in [6, 6.07) is 16.8. The Morgan fingerprint density at radius 3 is 2.46 bits per heavy atom. The molecule has 1 saturated heterocycles. The fourth-order valence-electron chi connectivity index (χ4n) is 5.44. The molecule has 6 atom stereocenters. The van der Waals surface area contributed by atoms with E-state index in [-0.39, 0.29) is 18.3 Å². The van der Waals surface area contributed by atoms with Crippen LogP contribution in [-0.2, 0) is 30.0 Å². The van der Waals surface area contributed by atoms with Crippen LogP contribution in [0.3, 0.4) is 0 Å². The van der Waals surface area contributed by atoms with E-state index in [1.807, 2.05) is 11.1 Å². The Bertz CT molecular complexity index is 1710. The first-order valence-corrected chi connectivity index (χ1v) is 16.1. The third-order valence-electron chi connectivity index (χ3n) is 7.80. The van der Waals surface area contributed by atoms with Gasteiger partial charge >= 0.3 is 19.4 Å². The molecule has 2 unspecified atom stereocenters. The van der Waals surface area contributed by atoms with E-state index in [1.54, 1.807) is 42.5 Å². The summed E-state index contributed by atoms with van der Waals surface area (Å²) >= 11 is 0. The third-order valence-corrected chi connectivity index (χ3v) is 9.31. The Labute approximate surface area is 262 Å². The monoisotopic (exact) mass is 656 g/mol. The van der Waals surface area contributed by atoms with Gasteiger partial charge in [-0.25, -0.2) is 9.36 Å². The van der Waals surface area contributed by atoms with E-state index < -0.39 is 61.8 Å². The number of para-hydroxylation sites is 1. The summed E-state index contributed by atoms with van der Waals surface area (Å²) in [5.41, 5.74) is 5.98. The highest BCUT2D eigenvalue weighted by atomic mass is 31.2. The first-order valence-electron chi connectivity index (χ1n) is 14.5. The molecule has 2 aliphatic rings. The zero-order valence-corrected chi connectivity index (χ0v) is 25.3. The van der Waals surface area contributed by atoms with E-state index >= 15 is 0 Å². The number of H-pyrrole nitrogens is 1. The van der Waals surface area contributed by atoms with Crippen molar-refractivity contribution in [2.45, 2.75) is 62.5 Å². The van der Waals surface area contributed by atoms with Crippen molar-refractivity contribution >= 4 is 13.7 Å². The lowest BCUT2D eigenvalue weighted by Gasteiger charge is -2.31. The number of carbonyl (C=O) groups is 1. The van der Waals surface area contributed by atoms with Crippen LogP contribution in [0.4, 0.5) is 0 Å². The summed E-state index contributed by atoms with van der Waals surface area (Å²) in [5, 5.41) is 28.0. The van der Waals surface area contributed by atoms with E-state index in [9.17, 15) is 34.7 Å². The van der Waals surface area contributed by atoms with E-state index in [0.717, 1.165) is 35.2 Å². The number of hydrogen-bond acceptors (Lipinski definition) is 11. The molecule has 1 aromatic heterocycles. The zero-order valence-electron chi connectivity index (χ0n) is 24.5. The van der Waals surface area contributed by atoms with Gasteiger partial charge in [0.2, 0.25) is 5.72 Å². The predicted octanol–water partition coefficient (Wildman–Crippen LogP) is 2.89. The molecule has 4 N–H and O–H groups in total. The number of aliphatic hydroxyl groups excluding tert-OH is 2. The Balaban J connectivity index is 1.43. The molecule has 244 valence electrons. The molecule has 46 heavy (non-hydrogen) atoms. The van der Waals surface area contributed by atoms with Crippen LogP contribution in [0.15, 0.2) is 87.6 Å². The number of rotatable bonds is 13. The Morgan fingerprint density at radius 2 is 1.80 bits per heavy atom. The number of ether oxygens (including phenoxy) is 2. The maximum absolute atomic E-state index is 14.5. The smallest absolute Gasteiger partial charge is 0.459 e. The van der Waals surface area contributed by atoms with Gasteiger partial charge in [0.15, 0.2) is 6.23 Å². The maximum Gasteiger partial charge on any atom is 0.459 e. The molecular weight excluding hydrogens is 623 g/mol. The molecule has 1 aliphatic carbocycles. The van der Waals surface area contributed by atoms with Gasteiger partial charge in [-0.3, -0.25) is 23.7 Å². The fourth-order valence-corrected chi connectivity index (χ4v) is 7.04. The number of benzene rings is 2. The number of esters is 1. The molecule has 0 bridgehead atoms. The topological polar surface area (TPSA) is 227 Å². The average Bonchev–Trinajstić information content (AvgIpc) is 3.67. The molecule has 5 rings (SSSR count). The standard InChI is InChI=1S/C29H33N6O10P/c30-34-33-29(25(38)24(37)26(44-29)35-16-15-22(36)31-28(35)40)18-43-46(41,45-21-13-5-2-6-14-21)32-23(20-11-7-8-12-20)27(39)42-17-19-9-3-1-4-10-19/h1-6,9-10,13-16,20,23-26,37-38H,7-8,11-12,17-18H2,(H,32,41)(H,31,36,40)/t23-,24-,25+,26+,29?,46?/m0/s1. The van der Waals surface area contributed by atoms with Crippen molar-refractivity contribution in [2.75, 3.05) is 6.61 Å². The highest BCUT2D eigenvalue weighted by molar-refractivity contribution is 7.52. The van der Waals surface area contributed by atoms with Crippen molar-refractivity contribution in [3.8, 4) is 5.75 Å². The highest BCUT2D eigenvalue weighted by Gasteiger charge is 2.56. The van der Waals surface area contributed by atoms with Gasteiger partial charge in [0, 0.05) is 17.2 Å². The number of nitrogens with one attached hydrogen (secondary N) is 2. The van der Waals surface area contributed by atoms with Crippen LogP contribution in [0, 0.1) is 5.92 Å². The first kappa shape index (κ1) is 33.1. The van der Waals surface area contributed by atoms with Gasteiger partial charge in [0.1, 0.15) is 30.6 Å². The van der Waals surface area contributed by atoms with Crippen LogP contribution in [0.1, 0.15) is 37.5 Å². The molecule has 0 amide bonds. The molecule has 1 aliphatic heterocycles. The van der Waals surface area contributed by atoms with Crippen LogP contribution >= 0.6 is 7.75 Å². The minimum absolute atomic E-state index is 0.0291. The minimum Gasteiger partial charge on any atom is -0.460 e. The minimum atomic E-state index is -4.60. The molecule has 0 spiro atoms. The molecular formula is C29H33N6O10P. The van der Waals surface area contributed by atoms with Gasteiger partial charge in [0.25, 0.3) is 5.56 Å². The third kappa shape index (κ3) is 7.57. The van der Waals surface area contributed by atoms with E-state index in [0.29, 0.717) is 12.8 Å². The maximum atomic E-state index is 14.5. The molecule has 2 heterocycles. The zero-order chi connectivity index (χ0) is 32.7. The van der Waals surface area contributed by atoms with Gasteiger partial charge in [-0.1, -0.05) is 66.5 Å². The quantitative estimate of drug-likeness (QED) is 0.0687. The summed E-state index contributed by atoms with van der Waals surface area (Å²) in [4.78, 5) is 42.1. The number of aromatic amines is 1. The number of azide groups is 1. The lowest BCUT2D eigenvalue weighted by Crippen LogP contribution is -2.46. The van der Waals surface area contributed by atoms with Gasteiger partial charge in [-0.2, -0.15) is 5.09 Å². The Morgan fingerprint density at radius 1 is 1.13 bits per heavy atom.